The number of benzene rings is 1. The molecule has 38 heavy (non-hydrogen) atoms. The number of aliphatic imine (C=N–C) groups is 2. The highest BCUT2D eigenvalue weighted by Gasteiger charge is 2.17. The van der Waals surface area contributed by atoms with Gasteiger partial charge in [-0.25, -0.2) is 19.2 Å². The van der Waals surface area contributed by atoms with Gasteiger partial charge in [0.15, 0.2) is 11.6 Å². The molecule has 9 nitrogen and oxygen atoms in total. The fraction of sp³-hybridized carbons (Fsp3) is 0.357. The summed E-state index contributed by atoms with van der Waals surface area (Å²) in [5, 5.41) is 4.81. The van der Waals surface area contributed by atoms with Crippen molar-refractivity contribution in [3.05, 3.63) is 54.1 Å². The van der Waals surface area contributed by atoms with Crippen molar-refractivity contribution in [2.75, 3.05) is 5.32 Å². The van der Waals surface area contributed by atoms with Gasteiger partial charge in [0, 0.05) is 29.4 Å². The molecule has 10 heteroatoms. The molecule has 0 aliphatic carbocycles. The van der Waals surface area contributed by atoms with Crippen LogP contribution in [0, 0.1) is 11.7 Å². The van der Waals surface area contributed by atoms with Gasteiger partial charge in [-0.3, -0.25) is 9.78 Å². The second-order valence-electron chi connectivity index (χ2n) is 9.92. The van der Waals surface area contributed by atoms with Crippen molar-refractivity contribution < 1.29 is 18.7 Å². The lowest BCUT2D eigenvalue weighted by atomic mass is 10.0. The van der Waals surface area contributed by atoms with E-state index < -0.39 is 23.4 Å². The van der Waals surface area contributed by atoms with Gasteiger partial charge in [0.1, 0.15) is 11.4 Å². The first-order chi connectivity index (χ1) is 18.0. The van der Waals surface area contributed by atoms with E-state index in [1.54, 1.807) is 45.6 Å². The molecule has 3 aromatic rings. The van der Waals surface area contributed by atoms with Crippen LogP contribution in [0.15, 0.2) is 52.7 Å². The molecule has 2 heterocycles. The van der Waals surface area contributed by atoms with Crippen LogP contribution < -0.4 is 11.1 Å². The molecule has 200 valence electrons. The second kappa shape index (κ2) is 12.8. The lowest BCUT2D eigenvalue weighted by molar-refractivity contribution is 0.0604. The maximum atomic E-state index is 14.6. The molecule has 2 aromatic heterocycles. The number of hydrogen-bond acceptors (Lipinski definition) is 7. The number of halogens is 1. The van der Waals surface area contributed by atoms with Crippen LogP contribution in [0.2, 0.25) is 0 Å². The van der Waals surface area contributed by atoms with Crippen molar-refractivity contribution in [3.8, 4) is 0 Å². The van der Waals surface area contributed by atoms with Crippen LogP contribution in [-0.4, -0.2) is 40.0 Å². The number of primary amides is 1. The average molecular weight is 521 g/mol. The van der Waals surface area contributed by atoms with E-state index in [4.69, 9.17) is 10.5 Å². The quantitative estimate of drug-likeness (QED) is 0.231. The third-order valence-electron chi connectivity index (χ3n) is 5.43. The van der Waals surface area contributed by atoms with E-state index in [0.29, 0.717) is 12.1 Å². The zero-order valence-corrected chi connectivity index (χ0v) is 22.1. The summed E-state index contributed by atoms with van der Waals surface area (Å²) >= 11 is 0. The standard InChI is InChI=1S/C28H33FN6O3/c1-18(15-33-27(37)38-28(2,3)4)10-6-5-9-13-32-26-22(29)14-21(24(30)36)25(35-26)34-23-17-31-16-19-11-7-8-12-20(19)23/h7-8,11-18H,5-6,9-10H2,1-4H3,(H2,30,36)(H,34,35). The van der Waals surface area contributed by atoms with Gasteiger partial charge in [-0.2, -0.15) is 4.99 Å². The van der Waals surface area contributed by atoms with Crippen LogP contribution in [0.1, 0.15) is 63.7 Å². The summed E-state index contributed by atoms with van der Waals surface area (Å²) in [5.74, 6) is -1.50. The molecule has 3 N–H and O–H groups in total. The van der Waals surface area contributed by atoms with E-state index in [-0.39, 0.29) is 23.1 Å². The number of pyridine rings is 2. The van der Waals surface area contributed by atoms with Gasteiger partial charge in [0.25, 0.3) is 5.91 Å². The Balaban J connectivity index is 1.60. The minimum Gasteiger partial charge on any atom is -0.442 e. The number of nitrogens with zero attached hydrogens (tertiary/aromatic N) is 4. The highest BCUT2D eigenvalue weighted by atomic mass is 19.1. The summed E-state index contributed by atoms with van der Waals surface area (Å²) in [6, 6.07) is 8.62. The third kappa shape index (κ3) is 8.43. The number of rotatable bonds is 10. The Morgan fingerprint density at radius 2 is 1.97 bits per heavy atom. The Bertz CT molecular complexity index is 1340. The van der Waals surface area contributed by atoms with E-state index >= 15 is 0 Å². The molecule has 0 fully saturated rings. The van der Waals surface area contributed by atoms with Gasteiger partial charge in [-0.1, -0.05) is 37.6 Å². The minimum atomic E-state index is -0.813. The number of nitrogens with two attached hydrogens (primary N) is 1. The Morgan fingerprint density at radius 1 is 1.21 bits per heavy atom. The van der Waals surface area contributed by atoms with Crippen molar-refractivity contribution in [2.24, 2.45) is 21.6 Å². The number of carbonyl (C=O) groups excluding carboxylic acids is 2. The number of carbonyl (C=O) groups is 2. The molecule has 1 aromatic carbocycles. The first kappa shape index (κ1) is 28.4. The lowest BCUT2D eigenvalue weighted by Crippen LogP contribution is -2.22. The highest BCUT2D eigenvalue weighted by Crippen LogP contribution is 2.28. The molecule has 0 spiro atoms. The summed E-state index contributed by atoms with van der Waals surface area (Å²) in [6.45, 7) is 7.35. The van der Waals surface area contributed by atoms with Crippen molar-refractivity contribution in [1.82, 2.24) is 9.97 Å². The maximum Gasteiger partial charge on any atom is 0.433 e. The SMILES string of the molecule is CC(C=NC(=O)OC(C)(C)C)CCCCC=Nc1nc(Nc2cncc3ccccc23)c(C(N)=O)cc1F. The smallest absolute Gasteiger partial charge is 0.433 e. The molecule has 0 saturated carbocycles. The van der Waals surface area contributed by atoms with E-state index in [9.17, 15) is 14.0 Å². The van der Waals surface area contributed by atoms with Crippen LogP contribution in [0.5, 0.6) is 0 Å². The number of hydrogen-bond donors (Lipinski definition) is 2. The lowest BCUT2D eigenvalue weighted by Gasteiger charge is -2.17. The summed E-state index contributed by atoms with van der Waals surface area (Å²) in [6.07, 6.45) is 9.02. The average Bonchev–Trinajstić information content (AvgIpc) is 2.85. The van der Waals surface area contributed by atoms with E-state index in [1.165, 1.54) is 0 Å². The molecule has 1 unspecified atom stereocenters. The maximum absolute atomic E-state index is 14.6. The first-order valence-electron chi connectivity index (χ1n) is 12.4. The number of anilines is 2. The molecule has 2 amide bonds. The predicted molar refractivity (Wildman–Crippen MR) is 148 cm³/mol. The van der Waals surface area contributed by atoms with Crippen LogP contribution in [-0.2, 0) is 4.74 Å². The van der Waals surface area contributed by atoms with Gasteiger partial charge in [0.05, 0.1) is 17.4 Å². The van der Waals surface area contributed by atoms with E-state index in [2.05, 4.69) is 25.3 Å². The second-order valence-corrected chi connectivity index (χ2v) is 9.92. The van der Waals surface area contributed by atoms with Crippen molar-refractivity contribution in [3.63, 3.8) is 0 Å². The predicted octanol–water partition coefficient (Wildman–Crippen LogP) is 6.52. The zero-order chi connectivity index (χ0) is 27.7. The minimum absolute atomic E-state index is 0.0867. The molecule has 1 atom stereocenters. The van der Waals surface area contributed by atoms with Crippen LogP contribution in [0.25, 0.3) is 10.8 Å². The Kier molecular flexibility index (Phi) is 9.59. The molecule has 0 saturated heterocycles. The van der Waals surface area contributed by atoms with Gasteiger partial charge in [-0.15, -0.1) is 0 Å². The highest BCUT2D eigenvalue weighted by molar-refractivity contribution is 6.01. The largest absolute Gasteiger partial charge is 0.442 e. The van der Waals surface area contributed by atoms with Crippen LogP contribution in [0.4, 0.5) is 26.5 Å². The van der Waals surface area contributed by atoms with Crippen LogP contribution >= 0.6 is 0 Å². The fourth-order valence-electron chi connectivity index (χ4n) is 3.60. The van der Waals surface area contributed by atoms with Gasteiger partial charge in [-0.05, 0) is 52.0 Å². The molecular formula is C28H33FN6O3. The van der Waals surface area contributed by atoms with E-state index in [1.807, 2.05) is 31.2 Å². The van der Waals surface area contributed by atoms with Crippen LogP contribution in [0.3, 0.4) is 0 Å². The zero-order valence-electron chi connectivity index (χ0n) is 22.1. The molecule has 0 aliphatic rings. The molecular weight excluding hydrogens is 487 g/mol. The summed E-state index contributed by atoms with van der Waals surface area (Å²) in [5.41, 5.74) is 5.41. The van der Waals surface area contributed by atoms with Gasteiger partial charge in [0.2, 0.25) is 0 Å². The molecule has 3 rings (SSSR count). The Labute approximate surface area is 221 Å². The molecule has 0 radical (unpaired) electrons. The Morgan fingerprint density at radius 3 is 2.71 bits per heavy atom. The van der Waals surface area contributed by atoms with Crippen molar-refractivity contribution >= 4 is 52.5 Å². The Hall–Kier alpha value is -4.21. The topological polar surface area (TPSA) is 132 Å². The number of unbranched alkanes of at least 4 members (excludes halogenated alkanes) is 2. The monoisotopic (exact) mass is 520 g/mol. The van der Waals surface area contributed by atoms with E-state index in [0.717, 1.165) is 36.1 Å². The fourth-order valence-corrected chi connectivity index (χ4v) is 3.60. The number of nitrogens with one attached hydrogen (secondary N) is 1. The van der Waals surface area contributed by atoms with Crippen molar-refractivity contribution in [2.45, 2.75) is 59.0 Å². The number of aromatic nitrogens is 2. The summed E-state index contributed by atoms with van der Waals surface area (Å²) in [7, 11) is 0. The molecule has 0 aliphatic heterocycles. The molecule has 0 bridgehead atoms. The van der Waals surface area contributed by atoms with Gasteiger partial charge >= 0.3 is 6.09 Å². The summed E-state index contributed by atoms with van der Waals surface area (Å²) < 4.78 is 19.8. The normalized spacial score (nSPS) is 12.8. The number of fused-ring (bicyclic) bond motifs is 1. The number of amides is 2. The first-order valence-corrected chi connectivity index (χ1v) is 12.4. The van der Waals surface area contributed by atoms with Gasteiger partial charge < -0.3 is 15.8 Å². The van der Waals surface area contributed by atoms with Crippen molar-refractivity contribution in [1.29, 1.82) is 0 Å². The third-order valence-corrected chi connectivity index (χ3v) is 5.43. The number of ether oxygens (including phenoxy) is 1. The summed E-state index contributed by atoms with van der Waals surface area (Å²) in [4.78, 5) is 40.1.